The Balaban J connectivity index is 1.80. The highest BCUT2D eigenvalue weighted by molar-refractivity contribution is 7.95. The third-order valence-corrected chi connectivity index (χ3v) is 7.31. The van der Waals surface area contributed by atoms with Gasteiger partial charge in [0, 0.05) is 36.5 Å². The van der Waals surface area contributed by atoms with Crippen molar-refractivity contribution in [1.29, 1.82) is 0 Å². The average molecular weight is 436 g/mol. The molecule has 2 heterocycles. The molecule has 1 aromatic heterocycles. The summed E-state index contributed by atoms with van der Waals surface area (Å²) in [6.07, 6.45) is 1.86. The first kappa shape index (κ1) is 22.1. The molecule has 1 saturated heterocycles. The zero-order valence-corrected chi connectivity index (χ0v) is 18.1. The standard InChI is InChI=1S/C20H26N4O5S/c1-4-18(25)22-12-19(26)23-10-11-24(14(2)13-23)30(27,28)17-7-5-6-16-15(17)8-9-21-20(16)29-3/h5-9,14H,4,10-13H2,1-3H3,(H-,22,25,27,28)/p+1/t14-/m1/s1. The number of methoxy groups -OCH3 is 1. The molecule has 1 fully saturated rings. The molecule has 0 aliphatic carbocycles. The summed E-state index contributed by atoms with van der Waals surface area (Å²) in [7, 11) is -2.04. The SMILES string of the molecule is CCC(=O)NCC(=O)N1CCN([S+](=O)(O)c2cccc3c(OC)nccc23)[C@H](C)C1. The Morgan fingerprint density at radius 2 is 2.07 bits per heavy atom. The van der Waals surface area contributed by atoms with Gasteiger partial charge in [0.25, 0.3) is 0 Å². The van der Waals surface area contributed by atoms with Gasteiger partial charge < -0.3 is 15.0 Å². The molecular formula is C20H27N4O5S+. The van der Waals surface area contributed by atoms with Crippen LogP contribution in [0.4, 0.5) is 0 Å². The normalized spacial score (nSPS) is 19.3. The molecule has 3 rings (SSSR count). The van der Waals surface area contributed by atoms with Crippen LogP contribution in [0.3, 0.4) is 0 Å². The fourth-order valence-electron chi connectivity index (χ4n) is 3.62. The Bertz CT molecular complexity index is 998. The second-order valence-corrected chi connectivity index (χ2v) is 9.03. The number of piperazine rings is 1. The molecule has 1 aliphatic heterocycles. The molecule has 2 aromatic rings. The van der Waals surface area contributed by atoms with Crippen molar-refractivity contribution in [2.24, 2.45) is 0 Å². The minimum absolute atomic E-state index is 0.0655. The van der Waals surface area contributed by atoms with E-state index >= 15 is 0 Å². The Kier molecular flexibility index (Phi) is 6.69. The number of pyridine rings is 1. The number of nitrogens with one attached hydrogen (secondary N) is 1. The lowest BCUT2D eigenvalue weighted by molar-refractivity contribution is -0.134. The number of rotatable bonds is 6. The average Bonchev–Trinajstić information content (AvgIpc) is 2.75. The summed E-state index contributed by atoms with van der Waals surface area (Å²) < 4.78 is 31.5. The Hall–Kier alpha value is -2.56. The molecule has 0 bridgehead atoms. The molecule has 10 heteroatoms. The van der Waals surface area contributed by atoms with E-state index in [4.69, 9.17) is 4.74 Å². The Morgan fingerprint density at radius 3 is 2.73 bits per heavy atom. The van der Waals surface area contributed by atoms with E-state index in [9.17, 15) is 18.4 Å². The van der Waals surface area contributed by atoms with Crippen LogP contribution >= 0.6 is 0 Å². The van der Waals surface area contributed by atoms with Gasteiger partial charge in [0.05, 0.1) is 26.2 Å². The summed E-state index contributed by atoms with van der Waals surface area (Å²) in [5, 5.41) is 3.84. The highest BCUT2D eigenvalue weighted by Crippen LogP contribution is 2.34. The molecule has 162 valence electrons. The number of ether oxygens (including phenoxy) is 1. The maximum Gasteiger partial charge on any atom is 0.326 e. The van der Waals surface area contributed by atoms with Crippen molar-refractivity contribution < 1.29 is 23.1 Å². The van der Waals surface area contributed by atoms with Gasteiger partial charge in [0.2, 0.25) is 22.6 Å². The summed E-state index contributed by atoms with van der Waals surface area (Å²) in [4.78, 5) is 29.8. The Labute approximate surface area is 176 Å². The first-order valence-corrected chi connectivity index (χ1v) is 11.3. The third-order valence-electron chi connectivity index (χ3n) is 5.20. The molecule has 0 spiro atoms. The summed E-state index contributed by atoms with van der Waals surface area (Å²) in [5.41, 5.74) is 0. The number of carbonyl (C=O) groups excluding carboxylic acids is 2. The minimum Gasteiger partial charge on any atom is -0.481 e. The van der Waals surface area contributed by atoms with E-state index < -0.39 is 10.4 Å². The van der Waals surface area contributed by atoms with Crippen LogP contribution in [0.5, 0.6) is 5.88 Å². The highest BCUT2D eigenvalue weighted by atomic mass is 32.3. The first-order chi connectivity index (χ1) is 14.3. The lowest BCUT2D eigenvalue weighted by Gasteiger charge is -2.37. The molecular weight excluding hydrogens is 408 g/mol. The van der Waals surface area contributed by atoms with Crippen LogP contribution < -0.4 is 10.1 Å². The molecule has 2 amide bonds. The van der Waals surface area contributed by atoms with Gasteiger partial charge in [-0.3, -0.25) is 9.59 Å². The van der Waals surface area contributed by atoms with Gasteiger partial charge >= 0.3 is 10.4 Å². The summed E-state index contributed by atoms with van der Waals surface area (Å²) >= 11 is 0. The van der Waals surface area contributed by atoms with Crippen LogP contribution in [-0.2, 0) is 24.2 Å². The zero-order valence-electron chi connectivity index (χ0n) is 17.3. The van der Waals surface area contributed by atoms with Crippen LogP contribution in [0, 0.1) is 0 Å². The summed E-state index contributed by atoms with van der Waals surface area (Å²) in [6, 6.07) is 6.49. The lowest BCUT2D eigenvalue weighted by atomic mass is 10.2. The predicted molar refractivity (Wildman–Crippen MR) is 113 cm³/mol. The molecule has 1 aliphatic rings. The topological polar surface area (TPSA) is 112 Å². The van der Waals surface area contributed by atoms with Gasteiger partial charge in [-0.1, -0.05) is 17.3 Å². The van der Waals surface area contributed by atoms with Gasteiger partial charge in [-0.2, -0.15) is 4.55 Å². The van der Waals surface area contributed by atoms with Gasteiger partial charge in [-0.25, -0.2) is 4.98 Å². The van der Waals surface area contributed by atoms with Crippen LogP contribution in [0.2, 0.25) is 0 Å². The largest absolute Gasteiger partial charge is 0.481 e. The van der Waals surface area contributed by atoms with E-state index in [0.29, 0.717) is 41.1 Å². The monoisotopic (exact) mass is 435 g/mol. The molecule has 1 aromatic carbocycles. The number of nitrogens with zero attached hydrogens (tertiary/aromatic N) is 3. The first-order valence-electron chi connectivity index (χ1n) is 9.79. The van der Waals surface area contributed by atoms with Crippen molar-refractivity contribution in [3.05, 3.63) is 30.5 Å². The van der Waals surface area contributed by atoms with E-state index in [-0.39, 0.29) is 30.9 Å². The van der Waals surface area contributed by atoms with E-state index in [1.807, 2.05) is 6.92 Å². The van der Waals surface area contributed by atoms with Gasteiger partial charge in [-0.15, -0.1) is 0 Å². The number of carbonyl (C=O) groups is 2. The highest BCUT2D eigenvalue weighted by Gasteiger charge is 2.46. The van der Waals surface area contributed by atoms with E-state index in [1.54, 1.807) is 42.3 Å². The smallest absolute Gasteiger partial charge is 0.326 e. The van der Waals surface area contributed by atoms with Crippen molar-refractivity contribution in [2.45, 2.75) is 31.2 Å². The fraction of sp³-hybridized carbons (Fsp3) is 0.450. The van der Waals surface area contributed by atoms with Crippen molar-refractivity contribution in [1.82, 2.24) is 19.5 Å². The van der Waals surface area contributed by atoms with Crippen molar-refractivity contribution >= 4 is 33.0 Å². The predicted octanol–water partition coefficient (Wildman–Crippen LogP) is 1.55. The third kappa shape index (κ3) is 4.30. The Morgan fingerprint density at radius 1 is 1.30 bits per heavy atom. The molecule has 30 heavy (non-hydrogen) atoms. The molecule has 9 nitrogen and oxygen atoms in total. The zero-order chi connectivity index (χ0) is 21.9. The fourth-order valence-corrected chi connectivity index (χ4v) is 5.48. The quantitative estimate of drug-likeness (QED) is 0.666. The second-order valence-electron chi connectivity index (χ2n) is 7.13. The van der Waals surface area contributed by atoms with Gasteiger partial charge in [0.1, 0.15) is 0 Å². The van der Waals surface area contributed by atoms with Crippen LogP contribution in [0.15, 0.2) is 35.4 Å². The van der Waals surface area contributed by atoms with E-state index in [1.165, 1.54) is 11.4 Å². The van der Waals surface area contributed by atoms with Crippen molar-refractivity contribution in [3.63, 3.8) is 0 Å². The number of amides is 2. The maximum absolute atomic E-state index is 13.6. The van der Waals surface area contributed by atoms with Crippen molar-refractivity contribution in [2.75, 3.05) is 33.3 Å². The number of aromatic nitrogens is 1. The van der Waals surface area contributed by atoms with Crippen LogP contribution in [-0.4, -0.2) is 69.9 Å². The molecule has 1 unspecified atom stereocenters. The van der Waals surface area contributed by atoms with Crippen LogP contribution in [0.25, 0.3) is 10.8 Å². The van der Waals surface area contributed by atoms with E-state index in [0.717, 1.165) is 0 Å². The van der Waals surface area contributed by atoms with Crippen LogP contribution in [0.1, 0.15) is 20.3 Å². The lowest BCUT2D eigenvalue weighted by Crippen LogP contribution is -2.58. The number of fused-ring (bicyclic) bond motifs is 1. The minimum atomic E-state index is -3.55. The van der Waals surface area contributed by atoms with Gasteiger partial charge in [-0.05, 0) is 29.3 Å². The number of hydrogen-bond acceptors (Lipinski definition) is 5. The van der Waals surface area contributed by atoms with Crippen molar-refractivity contribution in [3.8, 4) is 5.88 Å². The summed E-state index contributed by atoms with van der Waals surface area (Å²) in [5.74, 6) is 0.00476. The second kappa shape index (κ2) is 9.07. The molecule has 2 N–H and O–H groups in total. The number of benzene rings is 1. The van der Waals surface area contributed by atoms with Gasteiger partial charge in [0.15, 0.2) is 0 Å². The molecule has 0 radical (unpaired) electrons. The van der Waals surface area contributed by atoms with E-state index in [2.05, 4.69) is 10.3 Å². The maximum atomic E-state index is 13.6. The molecule has 0 saturated carbocycles. The summed E-state index contributed by atoms with van der Waals surface area (Å²) in [6.45, 7) is 4.31. The number of hydrogen-bond donors (Lipinski definition) is 2. The molecule has 2 atom stereocenters.